The lowest BCUT2D eigenvalue weighted by molar-refractivity contribution is 0.250. The minimum absolute atomic E-state index is 0.752. The average Bonchev–Trinajstić information content (AvgIpc) is 2.59. The van der Waals surface area contributed by atoms with Crippen molar-refractivity contribution in [3.8, 4) is 0 Å². The second-order valence-corrected chi connectivity index (χ2v) is 8.60. The molecule has 0 unspecified atom stereocenters. The van der Waals surface area contributed by atoms with Crippen molar-refractivity contribution < 1.29 is 9.05 Å². The molecule has 0 amide bonds. The Morgan fingerprint density at radius 3 is 1.12 bits per heavy atom. The highest BCUT2D eigenvalue weighted by Crippen LogP contribution is 2.43. The van der Waals surface area contributed by atoms with E-state index in [9.17, 15) is 0 Å². The molecule has 0 aliphatic heterocycles. The maximum atomic E-state index is 6.10. The van der Waals surface area contributed by atoms with Crippen LogP contribution in [0.25, 0.3) is 0 Å². The van der Waals surface area contributed by atoms with Gasteiger partial charge in [0.05, 0.1) is 13.2 Å². The predicted molar refractivity (Wildman–Crippen MR) is 110 cm³/mol. The normalized spacial score (nSPS) is 11.5. The first-order valence-electron chi connectivity index (χ1n) is 10.5. The van der Waals surface area contributed by atoms with Gasteiger partial charge in [-0.3, -0.25) is 0 Å². The highest BCUT2D eigenvalue weighted by Gasteiger charge is 2.05. The SMILES string of the molecule is CCCCCCCCCCOP(Cl)OCCCCCCCCCC. The molecule has 0 atom stereocenters. The Hall–Kier alpha value is 0.640. The molecule has 0 aromatic carbocycles. The molecular formula is C20H42ClO2P. The van der Waals surface area contributed by atoms with Gasteiger partial charge >= 0.3 is 0 Å². The Morgan fingerprint density at radius 1 is 0.500 bits per heavy atom. The van der Waals surface area contributed by atoms with Gasteiger partial charge in [0.1, 0.15) is 0 Å². The summed E-state index contributed by atoms with van der Waals surface area (Å²) in [5.74, 6) is 0. The first-order valence-corrected chi connectivity index (χ1v) is 12.6. The van der Waals surface area contributed by atoms with Gasteiger partial charge in [0, 0.05) is 0 Å². The van der Waals surface area contributed by atoms with E-state index in [1.165, 1.54) is 89.9 Å². The van der Waals surface area contributed by atoms with Crippen molar-refractivity contribution in [1.82, 2.24) is 0 Å². The summed E-state index contributed by atoms with van der Waals surface area (Å²) in [5, 5.41) is 0. The molecule has 0 aromatic heterocycles. The van der Waals surface area contributed by atoms with E-state index in [0.717, 1.165) is 26.1 Å². The number of hydrogen-bond donors (Lipinski definition) is 0. The molecule has 4 heteroatoms. The Morgan fingerprint density at radius 2 is 0.792 bits per heavy atom. The molecule has 0 bridgehead atoms. The van der Waals surface area contributed by atoms with E-state index < -0.39 is 7.73 Å². The molecule has 0 aliphatic rings. The smallest absolute Gasteiger partial charge is 0.276 e. The lowest BCUT2D eigenvalue weighted by atomic mass is 10.1. The largest absolute Gasteiger partial charge is 0.322 e. The molecule has 0 spiro atoms. The molecular weight excluding hydrogens is 339 g/mol. The molecule has 0 aliphatic carbocycles. The molecule has 0 radical (unpaired) electrons. The van der Waals surface area contributed by atoms with Crippen molar-refractivity contribution in [3.05, 3.63) is 0 Å². The van der Waals surface area contributed by atoms with E-state index in [-0.39, 0.29) is 0 Å². The van der Waals surface area contributed by atoms with Crippen molar-refractivity contribution >= 4 is 19.0 Å². The number of rotatable bonds is 20. The van der Waals surface area contributed by atoms with Gasteiger partial charge in [0.25, 0.3) is 7.73 Å². The lowest BCUT2D eigenvalue weighted by Gasteiger charge is -2.10. The van der Waals surface area contributed by atoms with Crippen molar-refractivity contribution in [2.45, 2.75) is 117 Å². The van der Waals surface area contributed by atoms with Gasteiger partial charge in [-0.15, -0.1) is 0 Å². The van der Waals surface area contributed by atoms with Crippen molar-refractivity contribution in [2.75, 3.05) is 13.2 Å². The molecule has 146 valence electrons. The van der Waals surface area contributed by atoms with E-state index in [1.54, 1.807) is 0 Å². The van der Waals surface area contributed by atoms with Gasteiger partial charge in [-0.05, 0) is 24.1 Å². The standard InChI is InChI=1S/C20H42ClO2P/c1-3-5-7-9-11-13-15-17-19-22-24(21)23-20-18-16-14-12-10-8-6-4-2/h3-20H2,1-2H3. The van der Waals surface area contributed by atoms with Crippen LogP contribution in [-0.2, 0) is 9.05 Å². The van der Waals surface area contributed by atoms with Crippen molar-refractivity contribution in [1.29, 1.82) is 0 Å². The van der Waals surface area contributed by atoms with Gasteiger partial charge in [-0.1, -0.05) is 104 Å². The molecule has 0 heterocycles. The highest BCUT2D eigenvalue weighted by atomic mass is 35.7. The maximum absolute atomic E-state index is 6.10. The third-order valence-electron chi connectivity index (χ3n) is 4.38. The van der Waals surface area contributed by atoms with E-state index in [1.807, 2.05) is 0 Å². The van der Waals surface area contributed by atoms with Crippen LogP contribution in [0, 0.1) is 0 Å². The second-order valence-electron chi connectivity index (χ2n) is 6.83. The Kier molecular flexibility index (Phi) is 22.3. The van der Waals surface area contributed by atoms with E-state index in [0.29, 0.717) is 0 Å². The van der Waals surface area contributed by atoms with Crippen LogP contribution < -0.4 is 0 Å². The van der Waals surface area contributed by atoms with Gasteiger partial charge in [-0.25, -0.2) is 0 Å². The summed E-state index contributed by atoms with van der Waals surface area (Å²) in [6.07, 6.45) is 21.1. The first kappa shape index (κ1) is 24.6. The molecule has 0 fully saturated rings. The van der Waals surface area contributed by atoms with Crippen molar-refractivity contribution in [3.63, 3.8) is 0 Å². The lowest BCUT2D eigenvalue weighted by Crippen LogP contribution is -1.93. The van der Waals surface area contributed by atoms with Crippen LogP contribution in [0.5, 0.6) is 0 Å². The quantitative estimate of drug-likeness (QED) is 0.155. The van der Waals surface area contributed by atoms with Gasteiger partial charge < -0.3 is 9.05 Å². The third kappa shape index (κ3) is 20.7. The summed E-state index contributed by atoms with van der Waals surface area (Å²) in [7, 11) is -1.17. The summed E-state index contributed by atoms with van der Waals surface area (Å²) in [5.41, 5.74) is 0. The van der Waals surface area contributed by atoms with Crippen LogP contribution in [0.3, 0.4) is 0 Å². The minimum atomic E-state index is -1.17. The van der Waals surface area contributed by atoms with Crippen LogP contribution in [0.15, 0.2) is 0 Å². The maximum Gasteiger partial charge on any atom is 0.276 e. The summed E-state index contributed by atoms with van der Waals surface area (Å²) < 4.78 is 11.1. The van der Waals surface area contributed by atoms with E-state index >= 15 is 0 Å². The number of hydrogen-bond acceptors (Lipinski definition) is 2. The predicted octanol–water partition coefficient (Wildman–Crippen LogP) is 8.77. The van der Waals surface area contributed by atoms with Crippen LogP contribution >= 0.6 is 19.0 Å². The molecule has 0 N–H and O–H groups in total. The zero-order valence-corrected chi connectivity index (χ0v) is 18.0. The first-order chi connectivity index (χ1) is 11.8. The molecule has 0 rings (SSSR count). The van der Waals surface area contributed by atoms with Crippen LogP contribution in [0.2, 0.25) is 0 Å². The zero-order valence-electron chi connectivity index (χ0n) is 16.4. The molecule has 2 nitrogen and oxygen atoms in total. The fraction of sp³-hybridized carbons (Fsp3) is 1.00. The molecule has 0 saturated heterocycles. The van der Waals surface area contributed by atoms with Gasteiger partial charge in [-0.2, -0.15) is 0 Å². The Balaban J connectivity index is 3.12. The Bertz CT molecular complexity index is 208. The van der Waals surface area contributed by atoms with Crippen LogP contribution in [0.1, 0.15) is 117 Å². The minimum Gasteiger partial charge on any atom is -0.322 e. The molecule has 0 saturated carbocycles. The fourth-order valence-electron chi connectivity index (χ4n) is 2.78. The summed E-state index contributed by atoms with van der Waals surface area (Å²) in [4.78, 5) is 0. The monoisotopic (exact) mass is 380 g/mol. The highest BCUT2D eigenvalue weighted by molar-refractivity contribution is 7.76. The fourth-order valence-corrected chi connectivity index (χ4v) is 3.82. The van der Waals surface area contributed by atoms with Gasteiger partial charge in [0.2, 0.25) is 0 Å². The van der Waals surface area contributed by atoms with E-state index in [4.69, 9.17) is 20.3 Å². The van der Waals surface area contributed by atoms with E-state index in [2.05, 4.69) is 13.8 Å². The van der Waals surface area contributed by atoms with Crippen molar-refractivity contribution in [2.24, 2.45) is 0 Å². The number of unbranched alkanes of at least 4 members (excludes halogenated alkanes) is 14. The third-order valence-corrected chi connectivity index (χ3v) is 5.74. The number of halogens is 1. The zero-order chi connectivity index (χ0) is 17.7. The summed E-state index contributed by atoms with van der Waals surface area (Å²) in [6, 6.07) is 0. The summed E-state index contributed by atoms with van der Waals surface area (Å²) in [6.45, 7) is 6.03. The second kappa shape index (κ2) is 21.7. The van der Waals surface area contributed by atoms with Crippen LogP contribution in [0.4, 0.5) is 0 Å². The molecule has 0 aromatic rings. The Labute approximate surface area is 158 Å². The van der Waals surface area contributed by atoms with Crippen LogP contribution in [-0.4, -0.2) is 13.2 Å². The topological polar surface area (TPSA) is 18.5 Å². The average molecular weight is 381 g/mol. The van der Waals surface area contributed by atoms with Gasteiger partial charge in [0.15, 0.2) is 0 Å². The molecule has 24 heavy (non-hydrogen) atoms. The summed E-state index contributed by atoms with van der Waals surface area (Å²) >= 11 is 6.10.